The summed E-state index contributed by atoms with van der Waals surface area (Å²) < 4.78 is 17.3. The highest BCUT2D eigenvalue weighted by atomic mass is 16.6. The van der Waals surface area contributed by atoms with Crippen LogP contribution in [0.4, 0.5) is 0 Å². The molecular weight excluding hydrogens is 210 g/mol. The molecule has 3 nitrogen and oxygen atoms in total. The summed E-state index contributed by atoms with van der Waals surface area (Å²) in [5, 5.41) is 0. The lowest BCUT2D eigenvalue weighted by Crippen LogP contribution is -2.06. The minimum absolute atomic E-state index is 0.522. The molecule has 1 aromatic carbocycles. The maximum Gasteiger partial charge on any atom is 0.142 e. The lowest BCUT2D eigenvalue weighted by Gasteiger charge is -2.05. The predicted molar refractivity (Wildman–Crippen MR) is 63.5 cm³/mol. The first-order chi connectivity index (χ1) is 8.22. The molecule has 0 fully saturated rings. The maximum absolute atomic E-state index is 10.4. The van der Waals surface area contributed by atoms with E-state index >= 15 is 0 Å². The number of carbonyl (C=O) groups excluding carboxylic acids is 1. The van der Waals surface area contributed by atoms with Gasteiger partial charge in [0, 0.05) is 6.61 Å². The number of aldehydes is 1. The zero-order valence-electron chi connectivity index (χ0n) is 10.3. The van der Waals surface area contributed by atoms with Gasteiger partial charge in [0.05, 0.1) is 6.61 Å². The van der Waals surface area contributed by atoms with E-state index < -0.39 is 6.26 Å². The van der Waals surface area contributed by atoms with Gasteiger partial charge in [-0.25, -0.2) is 0 Å². The summed E-state index contributed by atoms with van der Waals surface area (Å²) in [6, 6.07) is 7.30. The predicted octanol–water partition coefficient (Wildman–Crippen LogP) is 2.31. The van der Waals surface area contributed by atoms with E-state index in [2.05, 4.69) is 0 Å². The van der Waals surface area contributed by atoms with E-state index in [9.17, 15) is 4.79 Å². The van der Waals surface area contributed by atoms with Crippen LogP contribution in [0, 0.1) is 0 Å². The van der Waals surface area contributed by atoms with E-state index in [-0.39, 0.29) is 0 Å². The van der Waals surface area contributed by atoms with Gasteiger partial charge in [-0.1, -0.05) is 18.2 Å². The Morgan fingerprint density at radius 3 is 2.69 bits per heavy atom. The van der Waals surface area contributed by atoms with Crippen molar-refractivity contribution in [2.75, 3.05) is 19.8 Å². The van der Waals surface area contributed by atoms with Crippen molar-refractivity contribution in [3.63, 3.8) is 0 Å². The number of benzene rings is 1. The molecular formula is C13H16O3. The largest absolute Gasteiger partial charge is 0.491 e. The zero-order valence-corrected chi connectivity index (χ0v) is 9.31. The third kappa shape index (κ3) is 4.75. The Hall–Kier alpha value is -1.61. The van der Waals surface area contributed by atoms with Gasteiger partial charge in [-0.3, -0.25) is 4.79 Å². The Balaban J connectivity index is 2.42. The fourth-order valence-corrected chi connectivity index (χ4v) is 1.17. The third-order valence-corrected chi connectivity index (χ3v) is 1.92. The lowest BCUT2D eigenvalue weighted by molar-refractivity contribution is -0.104. The average Bonchev–Trinajstić information content (AvgIpc) is 2.33. The molecule has 3 heteroatoms. The molecule has 0 atom stereocenters. The van der Waals surface area contributed by atoms with Crippen molar-refractivity contribution in [2.24, 2.45) is 0 Å². The molecule has 0 heterocycles. The Labute approximate surface area is 97.1 Å². The first-order valence-corrected chi connectivity index (χ1v) is 5.21. The smallest absolute Gasteiger partial charge is 0.142 e. The molecule has 0 aliphatic rings. The molecule has 0 amide bonds. The summed E-state index contributed by atoms with van der Waals surface area (Å²) in [5.41, 5.74) is 0.864. The van der Waals surface area contributed by atoms with Crippen molar-refractivity contribution >= 4 is 12.3 Å². The van der Waals surface area contributed by atoms with Crippen LogP contribution in [0.3, 0.4) is 0 Å². The van der Waals surface area contributed by atoms with Gasteiger partial charge in [0.25, 0.3) is 0 Å². The maximum atomic E-state index is 10.4. The summed E-state index contributed by atoms with van der Waals surface area (Å²) >= 11 is 0. The summed E-state index contributed by atoms with van der Waals surface area (Å²) in [6.45, 7) is 3.72. The van der Waals surface area contributed by atoms with Crippen LogP contribution in [0.25, 0.3) is 6.08 Å². The molecule has 0 aliphatic carbocycles. The Morgan fingerprint density at radius 1 is 1.31 bits per heavy atom. The van der Waals surface area contributed by atoms with Gasteiger partial charge >= 0.3 is 0 Å². The van der Waals surface area contributed by atoms with Crippen LogP contribution in [0.15, 0.2) is 30.3 Å². The van der Waals surface area contributed by atoms with Crippen molar-refractivity contribution in [3.8, 4) is 5.75 Å². The summed E-state index contributed by atoms with van der Waals surface area (Å²) in [5.74, 6) is 0.763. The molecule has 0 unspecified atom stereocenters. The Bertz CT molecular complexity index is 371. The highest BCUT2D eigenvalue weighted by molar-refractivity contribution is 5.73. The van der Waals surface area contributed by atoms with E-state index in [1.165, 1.54) is 6.08 Å². The number of ether oxygens (including phenoxy) is 2. The number of hydrogen-bond acceptors (Lipinski definition) is 3. The molecule has 1 aromatic rings. The van der Waals surface area contributed by atoms with Crippen LogP contribution in [-0.4, -0.2) is 26.1 Å². The third-order valence-electron chi connectivity index (χ3n) is 1.92. The molecule has 0 saturated heterocycles. The second kappa shape index (κ2) is 7.65. The fraction of sp³-hybridized carbons (Fsp3) is 0.308. The molecule has 16 heavy (non-hydrogen) atoms. The van der Waals surface area contributed by atoms with Crippen LogP contribution in [-0.2, 0) is 9.53 Å². The second-order valence-corrected chi connectivity index (χ2v) is 3.07. The summed E-state index contributed by atoms with van der Waals surface area (Å²) in [6.07, 6.45) is 2.10. The topological polar surface area (TPSA) is 35.5 Å². The molecule has 0 spiro atoms. The molecule has 0 N–H and O–H groups in total. The zero-order chi connectivity index (χ0) is 12.5. The highest BCUT2D eigenvalue weighted by Gasteiger charge is 1.93. The Kier molecular flexibility index (Phi) is 5.21. The SMILES string of the molecule is [2H]C(=O)/C=C/[13c]1[13cH][13cH][13c](OCCOCC)[13cH][13cH]1. The van der Waals surface area contributed by atoms with Gasteiger partial charge in [-0.2, -0.15) is 0 Å². The number of hydrogen-bond donors (Lipinski definition) is 0. The van der Waals surface area contributed by atoms with E-state index in [1.807, 2.05) is 31.2 Å². The first kappa shape index (κ1) is 10.9. The van der Waals surface area contributed by atoms with Crippen molar-refractivity contribution in [3.05, 3.63) is 35.9 Å². The van der Waals surface area contributed by atoms with E-state index in [0.29, 0.717) is 19.8 Å². The minimum Gasteiger partial charge on any atom is -0.491 e. The lowest BCUT2D eigenvalue weighted by atomic mass is 10.6. The van der Waals surface area contributed by atoms with Crippen LogP contribution in [0.2, 0.25) is 0 Å². The number of rotatable bonds is 7. The minimum atomic E-state index is -0.706. The van der Waals surface area contributed by atoms with Gasteiger partial charge < -0.3 is 9.47 Å². The Morgan fingerprint density at radius 2 is 2.06 bits per heavy atom. The standard InChI is InChI=1S/C13H16O3/c1-2-15-10-11-16-13-7-5-12(6-8-13)4-3-9-14/h3-9H,2,10-11H2,1H3/b4-3+/i5+1,6+1,7+1,8+1,9D,12+1,13+1. The van der Waals surface area contributed by atoms with Gasteiger partial charge in [0.1, 0.15) is 20.0 Å². The molecule has 0 radical (unpaired) electrons. The monoisotopic (exact) mass is 227 g/mol. The second-order valence-electron chi connectivity index (χ2n) is 3.07. The quantitative estimate of drug-likeness (QED) is 0.407. The van der Waals surface area contributed by atoms with Crippen molar-refractivity contribution in [1.82, 2.24) is 0 Å². The molecule has 0 bridgehead atoms. The number of allylic oxidation sites excluding steroid dienone is 1. The van der Waals surface area contributed by atoms with Gasteiger partial charge in [0.2, 0.25) is 0 Å². The molecule has 0 saturated carbocycles. The van der Waals surface area contributed by atoms with Gasteiger partial charge in [-0.05, 0) is 30.7 Å². The van der Waals surface area contributed by atoms with E-state index in [0.717, 1.165) is 11.3 Å². The van der Waals surface area contributed by atoms with Crippen molar-refractivity contribution in [2.45, 2.75) is 6.92 Å². The fourth-order valence-electron chi connectivity index (χ4n) is 1.17. The van der Waals surface area contributed by atoms with Gasteiger partial charge in [-0.15, -0.1) is 0 Å². The molecule has 0 aliphatic heterocycles. The van der Waals surface area contributed by atoms with Gasteiger partial charge in [0.15, 0.2) is 0 Å². The van der Waals surface area contributed by atoms with E-state index in [1.54, 1.807) is 6.08 Å². The molecule has 86 valence electrons. The first-order valence-electron chi connectivity index (χ1n) is 5.71. The normalized spacial score (nSPS) is 11.4. The van der Waals surface area contributed by atoms with Crippen LogP contribution in [0.1, 0.15) is 13.9 Å². The van der Waals surface area contributed by atoms with Crippen LogP contribution in [0.5, 0.6) is 5.75 Å². The highest BCUT2D eigenvalue weighted by Crippen LogP contribution is 2.12. The van der Waals surface area contributed by atoms with Crippen LogP contribution < -0.4 is 4.74 Å². The van der Waals surface area contributed by atoms with Crippen molar-refractivity contribution < 1.29 is 15.6 Å². The summed E-state index contributed by atoms with van der Waals surface area (Å²) in [7, 11) is 0. The number of carbonyl (C=O) groups is 1. The molecule has 0 aromatic heterocycles. The van der Waals surface area contributed by atoms with E-state index in [4.69, 9.17) is 10.8 Å². The summed E-state index contributed by atoms with van der Waals surface area (Å²) in [4.78, 5) is 10.4. The van der Waals surface area contributed by atoms with Crippen LogP contribution >= 0.6 is 0 Å². The van der Waals surface area contributed by atoms with Crippen molar-refractivity contribution in [1.29, 1.82) is 0 Å². The molecule has 1 rings (SSSR count). The average molecular weight is 227 g/mol.